The Balaban J connectivity index is 1.89. The average molecular weight is 268 g/mol. The van der Waals surface area contributed by atoms with Crippen molar-refractivity contribution in [2.24, 2.45) is 5.92 Å². The summed E-state index contributed by atoms with van der Waals surface area (Å²) in [7, 11) is 0. The SMILES string of the molecule is CC(CC(=O)O)NC(=O)C1CCCN1C(=O)C1CC1. The number of carbonyl (C=O) groups is 3. The van der Waals surface area contributed by atoms with Gasteiger partial charge in [-0.25, -0.2) is 0 Å². The minimum atomic E-state index is -0.940. The number of carboxylic acids is 1. The number of hydrogen-bond acceptors (Lipinski definition) is 3. The predicted octanol–water partition coefficient (Wildman–Crippen LogP) is 0.367. The minimum absolute atomic E-state index is 0.0866. The van der Waals surface area contributed by atoms with Gasteiger partial charge >= 0.3 is 5.97 Å². The van der Waals surface area contributed by atoms with Crippen LogP contribution in [0.5, 0.6) is 0 Å². The van der Waals surface area contributed by atoms with Crippen LogP contribution in [-0.4, -0.2) is 46.4 Å². The van der Waals surface area contributed by atoms with Gasteiger partial charge in [0.15, 0.2) is 0 Å². The molecule has 106 valence electrons. The monoisotopic (exact) mass is 268 g/mol. The number of rotatable bonds is 5. The van der Waals surface area contributed by atoms with Crippen molar-refractivity contribution in [3.05, 3.63) is 0 Å². The van der Waals surface area contributed by atoms with Gasteiger partial charge in [-0.15, -0.1) is 0 Å². The molecule has 0 spiro atoms. The Morgan fingerprint density at radius 1 is 1.32 bits per heavy atom. The highest BCUT2D eigenvalue weighted by Crippen LogP contribution is 2.33. The van der Waals surface area contributed by atoms with E-state index >= 15 is 0 Å². The Morgan fingerprint density at radius 3 is 2.58 bits per heavy atom. The molecule has 0 aromatic rings. The number of amides is 2. The molecule has 2 amide bonds. The normalized spacial score (nSPS) is 24.1. The van der Waals surface area contributed by atoms with Crippen LogP contribution < -0.4 is 5.32 Å². The van der Waals surface area contributed by atoms with Gasteiger partial charge in [-0.1, -0.05) is 0 Å². The second-order valence-electron chi connectivity index (χ2n) is 5.47. The van der Waals surface area contributed by atoms with E-state index in [0.29, 0.717) is 13.0 Å². The first-order valence-electron chi connectivity index (χ1n) is 6.81. The zero-order valence-electron chi connectivity index (χ0n) is 11.1. The number of likely N-dealkylation sites (tertiary alicyclic amines) is 1. The van der Waals surface area contributed by atoms with Gasteiger partial charge in [-0.2, -0.15) is 0 Å². The number of carbonyl (C=O) groups excluding carboxylic acids is 2. The molecule has 2 fully saturated rings. The van der Waals surface area contributed by atoms with Crippen molar-refractivity contribution >= 4 is 17.8 Å². The molecule has 6 nitrogen and oxygen atoms in total. The number of carboxylic acid groups (broad SMARTS) is 1. The molecule has 0 radical (unpaired) electrons. The Labute approximate surface area is 112 Å². The van der Waals surface area contributed by atoms with E-state index in [1.165, 1.54) is 0 Å². The lowest BCUT2D eigenvalue weighted by atomic mass is 10.1. The molecule has 2 atom stereocenters. The smallest absolute Gasteiger partial charge is 0.305 e. The highest BCUT2D eigenvalue weighted by atomic mass is 16.4. The number of aliphatic carboxylic acids is 1. The first-order chi connectivity index (χ1) is 8.99. The van der Waals surface area contributed by atoms with Gasteiger partial charge in [0.2, 0.25) is 11.8 Å². The Morgan fingerprint density at radius 2 is 2.00 bits per heavy atom. The van der Waals surface area contributed by atoms with Gasteiger partial charge in [-0.05, 0) is 32.6 Å². The molecule has 1 heterocycles. The van der Waals surface area contributed by atoms with Crippen LogP contribution in [0.25, 0.3) is 0 Å². The molecule has 2 unspecified atom stereocenters. The second-order valence-corrected chi connectivity index (χ2v) is 5.47. The largest absolute Gasteiger partial charge is 0.481 e. The van der Waals surface area contributed by atoms with Crippen LogP contribution >= 0.6 is 0 Å². The summed E-state index contributed by atoms with van der Waals surface area (Å²) >= 11 is 0. The van der Waals surface area contributed by atoms with Gasteiger partial charge < -0.3 is 15.3 Å². The molecular formula is C13H20N2O4. The van der Waals surface area contributed by atoms with Crippen LogP contribution in [0.1, 0.15) is 39.0 Å². The van der Waals surface area contributed by atoms with E-state index in [1.54, 1.807) is 11.8 Å². The fourth-order valence-corrected chi connectivity index (χ4v) is 2.52. The molecule has 2 aliphatic rings. The molecule has 0 bridgehead atoms. The Bertz CT molecular complexity index is 392. The van der Waals surface area contributed by atoms with Crippen LogP contribution in [0.2, 0.25) is 0 Å². The zero-order valence-corrected chi connectivity index (χ0v) is 11.1. The van der Waals surface area contributed by atoms with Crippen molar-refractivity contribution in [2.75, 3.05) is 6.54 Å². The molecule has 2 N–H and O–H groups in total. The van der Waals surface area contributed by atoms with Crippen molar-refractivity contribution in [1.82, 2.24) is 10.2 Å². The van der Waals surface area contributed by atoms with E-state index in [1.807, 2.05) is 0 Å². The highest BCUT2D eigenvalue weighted by molar-refractivity contribution is 5.90. The summed E-state index contributed by atoms with van der Waals surface area (Å²) in [6.07, 6.45) is 3.27. The minimum Gasteiger partial charge on any atom is -0.481 e. The molecule has 0 aromatic heterocycles. The summed E-state index contributed by atoms with van der Waals surface area (Å²) in [5, 5.41) is 11.4. The van der Waals surface area contributed by atoms with Crippen molar-refractivity contribution in [3.8, 4) is 0 Å². The molecule has 1 aliphatic carbocycles. The standard InChI is InChI=1S/C13H20N2O4/c1-8(7-11(16)17)14-12(18)10-3-2-6-15(10)13(19)9-4-5-9/h8-10H,2-7H2,1H3,(H,14,18)(H,16,17). The second kappa shape index (κ2) is 5.59. The molecule has 19 heavy (non-hydrogen) atoms. The third-order valence-electron chi connectivity index (χ3n) is 3.63. The van der Waals surface area contributed by atoms with E-state index in [4.69, 9.17) is 5.11 Å². The first kappa shape index (κ1) is 13.8. The maximum atomic E-state index is 12.1. The summed E-state index contributed by atoms with van der Waals surface area (Å²) < 4.78 is 0. The van der Waals surface area contributed by atoms with Crippen molar-refractivity contribution in [3.63, 3.8) is 0 Å². The maximum Gasteiger partial charge on any atom is 0.305 e. The number of nitrogens with zero attached hydrogens (tertiary/aromatic N) is 1. The van der Waals surface area contributed by atoms with Crippen LogP contribution in [0, 0.1) is 5.92 Å². The van der Waals surface area contributed by atoms with Crippen molar-refractivity contribution in [2.45, 2.75) is 51.1 Å². The summed E-state index contributed by atoms with van der Waals surface area (Å²) in [6, 6.07) is -0.826. The van der Waals surface area contributed by atoms with Gasteiger partial charge in [0.25, 0.3) is 0 Å². The maximum absolute atomic E-state index is 12.1. The summed E-state index contributed by atoms with van der Waals surface area (Å²) in [5.41, 5.74) is 0. The lowest BCUT2D eigenvalue weighted by Gasteiger charge is -2.25. The van der Waals surface area contributed by atoms with Crippen molar-refractivity contribution < 1.29 is 19.5 Å². The number of hydrogen-bond donors (Lipinski definition) is 2. The molecule has 1 saturated carbocycles. The topological polar surface area (TPSA) is 86.7 Å². The highest BCUT2D eigenvalue weighted by Gasteiger charge is 2.40. The van der Waals surface area contributed by atoms with E-state index in [9.17, 15) is 14.4 Å². The van der Waals surface area contributed by atoms with Crippen LogP contribution in [0.15, 0.2) is 0 Å². The average Bonchev–Trinajstić information content (AvgIpc) is 3.03. The van der Waals surface area contributed by atoms with Gasteiger partial charge in [0.05, 0.1) is 6.42 Å². The third kappa shape index (κ3) is 3.45. The summed E-state index contributed by atoms with van der Waals surface area (Å²) in [4.78, 5) is 36.4. The van der Waals surface area contributed by atoms with Crippen LogP contribution in [0.3, 0.4) is 0 Å². The van der Waals surface area contributed by atoms with Gasteiger partial charge in [0, 0.05) is 18.5 Å². The fraction of sp³-hybridized carbons (Fsp3) is 0.769. The lowest BCUT2D eigenvalue weighted by Crippen LogP contribution is -2.49. The molecule has 2 rings (SSSR count). The molecule has 0 aromatic carbocycles. The van der Waals surface area contributed by atoms with Crippen LogP contribution in [0.4, 0.5) is 0 Å². The van der Waals surface area contributed by atoms with Crippen LogP contribution in [-0.2, 0) is 14.4 Å². The molecule has 1 aliphatic heterocycles. The Hall–Kier alpha value is -1.59. The summed E-state index contributed by atoms with van der Waals surface area (Å²) in [6.45, 7) is 2.30. The van der Waals surface area contributed by atoms with E-state index < -0.39 is 18.1 Å². The molecule has 1 saturated heterocycles. The zero-order chi connectivity index (χ0) is 14.0. The molecule has 6 heteroatoms. The predicted molar refractivity (Wildman–Crippen MR) is 67.3 cm³/mol. The lowest BCUT2D eigenvalue weighted by molar-refractivity contribution is -0.140. The Kier molecular flexibility index (Phi) is 4.07. The summed E-state index contributed by atoms with van der Waals surface area (Å²) in [5.74, 6) is -0.959. The van der Waals surface area contributed by atoms with E-state index in [0.717, 1.165) is 19.3 Å². The first-order valence-corrected chi connectivity index (χ1v) is 6.81. The van der Waals surface area contributed by atoms with Gasteiger partial charge in [-0.3, -0.25) is 14.4 Å². The molecular weight excluding hydrogens is 248 g/mol. The van der Waals surface area contributed by atoms with Crippen molar-refractivity contribution in [1.29, 1.82) is 0 Å². The third-order valence-corrected chi connectivity index (χ3v) is 3.63. The number of nitrogens with one attached hydrogen (secondary N) is 1. The van der Waals surface area contributed by atoms with E-state index in [-0.39, 0.29) is 24.2 Å². The fourth-order valence-electron chi connectivity index (χ4n) is 2.52. The van der Waals surface area contributed by atoms with Gasteiger partial charge in [0.1, 0.15) is 6.04 Å². The quantitative estimate of drug-likeness (QED) is 0.754. The van der Waals surface area contributed by atoms with E-state index in [2.05, 4.69) is 5.32 Å².